The number of hydrogen-bond acceptors (Lipinski definition) is 1. The van der Waals surface area contributed by atoms with Crippen LogP contribution < -0.4 is 5.32 Å². The van der Waals surface area contributed by atoms with E-state index >= 15 is 0 Å². The minimum atomic E-state index is 0.444. The van der Waals surface area contributed by atoms with Crippen LogP contribution in [0.25, 0.3) is 0 Å². The van der Waals surface area contributed by atoms with Crippen LogP contribution in [-0.4, -0.2) is 37.5 Å². The van der Waals surface area contributed by atoms with Gasteiger partial charge in [0.15, 0.2) is 5.96 Å². The molecule has 100 valence electrons. The summed E-state index contributed by atoms with van der Waals surface area (Å²) in [4.78, 5) is 6.77. The van der Waals surface area contributed by atoms with Crippen LogP contribution in [0.15, 0.2) is 4.99 Å². The summed E-state index contributed by atoms with van der Waals surface area (Å²) in [6.45, 7) is 10.2. The van der Waals surface area contributed by atoms with Crippen LogP contribution in [0.4, 0.5) is 0 Å². The van der Waals surface area contributed by atoms with Crippen molar-refractivity contribution in [2.24, 2.45) is 10.4 Å². The Labute approximate surface area is 107 Å². The Morgan fingerprint density at radius 1 is 1.29 bits per heavy atom. The lowest BCUT2D eigenvalue weighted by Gasteiger charge is -2.23. The molecule has 0 atom stereocenters. The average molecular weight is 239 g/mol. The average Bonchev–Trinajstić information content (AvgIpc) is 2.64. The van der Waals surface area contributed by atoms with E-state index in [4.69, 9.17) is 0 Å². The molecular formula is C14H29N3. The number of hydrogen-bond donors (Lipinski definition) is 1. The molecule has 3 nitrogen and oxygen atoms in total. The quantitative estimate of drug-likeness (QED) is 0.454. The van der Waals surface area contributed by atoms with Gasteiger partial charge in [-0.3, -0.25) is 4.99 Å². The summed E-state index contributed by atoms with van der Waals surface area (Å²) in [7, 11) is 1.89. The van der Waals surface area contributed by atoms with Gasteiger partial charge in [0, 0.05) is 26.7 Å². The standard InChI is InChI=1S/C14H29N3/c1-5-6-7-8-10-16-13(15-4)17-11-9-14(2,3)12-17/h5-12H2,1-4H3,(H,15,16). The summed E-state index contributed by atoms with van der Waals surface area (Å²) in [5, 5.41) is 3.48. The molecule has 1 aliphatic heterocycles. The second kappa shape index (κ2) is 6.87. The smallest absolute Gasteiger partial charge is 0.193 e. The van der Waals surface area contributed by atoms with Crippen molar-refractivity contribution in [1.82, 2.24) is 10.2 Å². The fraction of sp³-hybridized carbons (Fsp3) is 0.929. The Kier molecular flexibility index (Phi) is 5.79. The van der Waals surface area contributed by atoms with E-state index in [9.17, 15) is 0 Å². The number of nitrogens with zero attached hydrogens (tertiary/aromatic N) is 2. The van der Waals surface area contributed by atoms with Gasteiger partial charge in [0.2, 0.25) is 0 Å². The summed E-state index contributed by atoms with van der Waals surface area (Å²) in [5.74, 6) is 1.09. The third-order valence-electron chi connectivity index (χ3n) is 3.50. The predicted molar refractivity (Wildman–Crippen MR) is 75.5 cm³/mol. The van der Waals surface area contributed by atoms with Crippen molar-refractivity contribution in [3.63, 3.8) is 0 Å². The van der Waals surface area contributed by atoms with E-state index in [2.05, 4.69) is 36.0 Å². The molecule has 0 aromatic rings. The Balaban J connectivity index is 2.25. The Hall–Kier alpha value is -0.730. The number of unbranched alkanes of at least 4 members (excludes halogenated alkanes) is 3. The summed E-state index contributed by atoms with van der Waals surface area (Å²) >= 11 is 0. The second-order valence-electron chi connectivity index (χ2n) is 5.87. The van der Waals surface area contributed by atoms with E-state index in [1.165, 1.54) is 32.1 Å². The molecule has 17 heavy (non-hydrogen) atoms. The first-order valence-corrected chi connectivity index (χ1v) is 7.04. The first-order chi connectivity index (χ1) is 8.09. The van der Waals surface area contributed by atoms with Gasteiger partial charge < -0.3 is 10.2 Å². The van der Waals surface area contributed by atoms with Gasteiger partial charge in [-0.2, -0.15) is 0 Å². The van der Waals surface area contributed by atoms with Gasteiger partial charge >= 0.3 is 0 Å². The molecule has 0 aromatic carbocycles. The van der Waals surface area contributed by atoms with Crippen molar-refractivity contribution in [1.29, 1.82) is 0 Å². The van der Waals surface area contributed by atoms with Crippen LogP contribution in [0, 0.1) is 5.41 Å². The monoisotopic (exact) mass is 239 g/mol. The van der Waals surface area contributed by atoms with E-state index in [1.807, 2.05) is 7.05 Å². The van der Waals surface area contributed by atoms with Gasteiger partial charge in [0.1, 0.15) is 0 Å². The van der Waals surface area contributed by atoms with Crippen molar-refractivity contribution < 1.29 is 0 Å². The first-order valence-electron chi connectivity index (χ1n) is 7.04. The molecule has 0 spiro atoms. The third kappa shape index (κ3) is 4.97. The van der Waals surface area contributed by atoms with Crippen molar-refractivity contribution in [3.05, 3.63) is 0 Å². The van der Waals surface area contributed by atoms with Gasteiger partial charge in [-0.25, -0.2) is 0 Å². The Morgan fingerprint density at radius 2 is 2.06 bits per heavy atom. The molecule has 0 bridgehead atoms. The normalized spacial score (nSPS) is 19.8. The van der Waals surface area contributed by atoms with Crippen molar-refractivity contribution in [2.45, 2.75) is 52.9 Å². The molecule has 1 N–H and O–H groups in total. The first kappa shape index (κ1) is 14.3. The maximum atomic E-state index is 4.38. The molecule has 0 aromatic heterocycles. The summed E-state index contributed by atoms with van der Waals surface area (Å²) in [6, 6.07) is 0. The third-order valence-corrected chi connectivity index (χ3v) is 3.50. The van der Waals surface area contributed by atoms with E-state index in [0.717, 1.165) is 25.6 Å². The molecule has 0 amide bonds. The molecule has 1 aliphatic rings. The molecule has 1 heterocycles. The number of aliphatic imine (C=N–C) groups is 1. The molecule has 1 fully saturated rings. The lowest BCUT2D eigenvalue weighted by molar-refractivity contribution is 0.370. The Morgan fingerprint density at radius 3 is 2.59 bits per heavy atom. The highest BCUT2D eigenvalue weighted by atomic mass is 15.3. The molecule has 0 saturated carbocycles. The van der Waals surface area contributed by atoms with Gasteiger partial charge in [-0.1, -0.05) is 40.0 Å². The number of likely N-dealkylation sites (tertiary alicyclic amines) is 1. The zero-order valence-electron chi connectivity index (χ0n) is 12.1. The maximum Gasteiger partial charge on any atom is 0.193 e. The fourth-order valence-electron chi connectivity index (χ4n) is 2.38. The van der Waals surface area contributed by atoms with Crippen molar-refractivity contribution >= 4 is 5.96 Å². The molecule has 0 unspecified atom stereocenters. The van der Waals surface area contributed by atoms with Crippen LogP contribution in [0.1, 0.15) is 52.9 Å². The van der Waals surface area contributed by atoms with Gasteiger partial charge in [-0.15, -0.1) is 0 Å². The summed E-state index contributed by atoms with van der Waals surface area (Å²) < 4.78 is 0. The lowest BCUT2D eigenvalue weighted by Crippen LogP contribution is -2.41. The SMILES string of the molecule is CCCCCCNC(=NC)N1CCC(C)(C)C1. The molecule has 0 radical (unpaired) electrons. The zero-order chi connectivity index (χ0) is 12.7. The van der Waals surface area contributed by atoms with Crippen LogP contribution in [-0.2, 0) is 0 Å². The van der Waals surface area contributed by atoms with E-state index in [1.54, 1.807) is 0 Å². The van der Waals surface area contributed by atoms with Crippen LogP contribution >= 0.6 is 0 Å². The molecule has 1 rings (SSSR count). The maximum absolute atomic E-state index is 4.38. The highest BCUT2D eigenvalue weighted by Crippen LogP contribution is 2.28. The van der Waals surface area contributed by atoms with E-state index in [-0.39, 0.29) is 0 Å². The highest BCUT2D eigenvalue weighted by molar-refractivity contribution is 5.80. The minimum Gasteiger partial charge on any atom is -0.356 e. The fourth-order valence-corrected chi connectivity index (χ4v) is 2.38. The van der Waals surface area contributed by atoms with Crippen LogP contribution in [0.5, 0.6) is 0 Å². The predicted octanol–water partition coefficient (Wildman–Crippen LogP) is 2.87. The largest absolute Gasteiger partial charge is 0.356 e. The van der Waals surface area contributed by atoms with Crippen molar-refractivity contribution in [2.75, 3.05) is 26.7 Å². The van der Waals surface area contributed by atoms with E-state index in [0.29, 0.717) is 5.41 Å². The molecule has 3 heteroatoms. The van der Waals surface area contributed by atoms with E-state index < -0.39 is 0 Å². The Bertz CT molecular complexity index is 246. The molecule has 0 aliphatic carbocycles. The van der Waals surface area contributed by atoms with Crippen LogP contribution in [0.2, 0.25) is 0 Å². The number of guanidine groups is 1. The minimum absolute atomic E-state index is 0.444. The number of nitrogens with one attached hydrogen (secondary N) is 1. The highest BCUT2D eigenvalue weighted by Gasteiger charge is 2.30. The number of rotatable bonds is 5. The topological polar surface area (TPSA) is 27.6 Å². The van der Waals surface area contributed by atoms with Gasteiger partial charge in [-0.05, 0) is 18.3 Å². The van der Waals surface area contributed by atoms with Crippen molar-refractivity contribution in [3.8, 4) is 0 Å². The van der Waals surface area contributed by atoms with Crippen LogP contribution in [0.3, 0.4) is 0 Å². The summed E-state index contributed by atoms with van der Waals surface area (Å²) in [6.07, 6.45) is 6.49. The van der Waals surface area contributed by atoms with Gasteiger partial charge in [0.25, 0.3) is 0 Å². The lowest BCUT2D eigenvalue weighted by atomic mass is 9.93. The van der Waals surface area contributed by atoms with Gasteiger partial charge in [0.05, 0.1) is 0 Å². The second-order valence-corrected chi connectivity index (χ2v) is 5.87. The summed E-state index contributed by atoms with van der Waals surface area (Å²) in [5.41, 5.74) is 0.444. The zero-order valence-corrected chi connectivity index (χ0v) is 12.1. The molecular weight excluding hydrogens is 210 g/mol. The molecule has 1 saturated heterocycles.